The molecule has 0 bridgehead atoms. The van der Waals surface area contributed by atoms with Crippen LogP contribution < -0.4 is 5.32 Å². The minimum atomic E-state index is -0.789. The zero-order valence-corrected chi connectivity index (χ0v) is 11.5. The minimum Gasteiger partial charge on any atom is -0.481 e. The molecular formula is C14H16N2O2S. The first-order chi connectivity index (χ1) is 9.15. The van der Waals surface area contributed by atoms with Crippen molar-refractivity contribution in [2.24, 2.45) is 0 Å². The number of nitrogens with one attached hydrogen (secondary N) is 1. The highest BCUT2D eigenvalue weighted by Gasteiger charge is 2.08. The lowest BCUT2D eigenvalue weighted by Crippen LogP contribution is -2.18. The summed E-state index contributed by atoms with van der Waals surface area (Å²) in [7, 11) is 0. The van der Waals surface area contributed by atoms with Gasteiger partial charge in [-0.3, -0.25) is 9.78 Å². The van der Waals surface area contributed by atoms with Gasteiger partial charge in [0.1, 0.15) is 0 Å². The van der Waals surface area contributed by atoms with Gasteiger partial charge < -0.3 is 10.4 Å². The number of rotatable bonds is 6. The third kappa shape index (κ3) is 4.15. The van der Waals surface area contributed by atoms with Crippen LogP contribution in [0.15, 0.2) is 36.5 Å². The Labute approximate surface area is 116 Å². The molecule has 0 fully saturated rings. The summed E-state index contributed by atoms with van der Waals surface area (Å²) in [6, 6.07) is 9.88. The third-order valence-corrected chi connectivity index (χ3v) is 3.84. The SMILES string of the molecule is C[C@H](NCc1ccc(CC(=O)O)s1)c1ccccn1. The van der Waals surface area contributed by atoms with Crippen LogP contribution >= 0.6 is 11.3 Å². The van der Waals surface area contributed by atoms with E-state index in [9.17, 15) is 4.79 Å². The number of carboxylic acid groups (broad SMARTS) is 1. The zero-order chi connectivity index (χ0) is 13.7. The summed E-state index contributed by atoms with van der Waals surface area (Å²) in [5, 5.41) is 12.1. The summed E-state index contributed by atoms with van der Waals surface area (Å²) in [5.74, 6) is -0.789. The van der Waals surface area contributed by atoms with Gasteiger partial charge in [0.25, 0.3) is 0 Å². The van der Waals surface area contributed by atoms with Gasteiger partial charge in [0, 0.05) is 28.5 Å². The highest BCUT2D eigenvalue weighted by molar-refractivity contribution is 7.12. The topological polar surface area (TPSA) is 62.2 Å². The number of hydrogen-bond donors (Lipinski definition) is 2. The smallest absolute Gasteiger partial charge is 0.308 e. The standard InChI is InChI=1S/C14H16N2O2S/c1-10(13-4-2-3-7-15-13)16-9-12-6-5-11(19-12)8-14(17)18/h2-7,10,16H,8-9H2,1H3,(H,17,18)/t10-/m0/s1. The van der Waals surface area contributed by atoms with Crippen LogP contribution in [0.1, 0.15) is 28.4 Å². The van der Waals surface area contributed by atoms with Gasteiger partial charge in [0.05, 0.1) is 12.1 Å². The van der Waals surface area contributed by atoms with Crippen LogP contribution in [0.25, 0.3) is 0 Å². The summed E-state index contributed by atoms with van der Waals surface area (Å²) in [4.78, 5) is 16.9. The Morgan fingerprint density at radius 1 is 1.37 bits per heavy atom. The maximum absolute atomic E-state index is 10.6. The Bertz CT molecular complexity index is 539. The maximum atomic E-state index is 10.6. The zero-order valence-electron chi connectivity index (χ0n) is 10.7. The number of carboxylic acids is 1. The normalized spacial score (nSPS) is 12.3. The van der Waals surface area contributed by atoms with Gasteiger partial charge in [-0.2, -0.15) is 0 Å². The number of hydrogen-bond acceptors (Lipinski definition) is 4. The van der Waals surface area contributed by atoms with Gasteiger partial charge in [0.2, 0.25) is 0 Å². The number of pyridine rings is 1. The van der Waals surface area contributed by atoms with Crippen molar-refractivity contribution in [2.75, 3.05) is 0 Å². The monoisotopic (exact) mass is 276 g/mol. The predicted molar refractivity (Wildman–Crippen MR) is 75.2 cm³/mol. The molecule has 2 N–H and O–H groups in total. The van der Waals surface area contributed by atoms with Crippen LogP contribution in [-0.2, 0) is 17.8 Å². The molecule has 2 aromatic heterocycles. The van der Waals surface area contributed by atoms with E-state index in [0.717, 1.165) is 22.0 Å². The number of nitrogens with zero attached hydrogens (tertiary/aromatic N) is 1. The largest absolute Gasteiger partial charge is 0.481 e. The van der Waals surface area contributed by atoms with E-state index in [1.807, 2.05) is 30.3 Å². The van der Waals surface area contributed by atoms with E-state index in [0.29, 0.717) is 0 Å². The average Bonchev–Trinajstić information content (AvgIpc) is 2.84. The molecule has 0 aliphatic carbocycles. The molecule has 2 heterocycles. The number of aromatic nitrogens is 1. The third-order valence-electron chi connectivity index (χ3n) is 2.76. The van der Waals surface area contributed by atoms with Gasteiger partial charge in [-0.25, -0.2) is 0 Å². The molecule has 5 heteroatoms. The van der Waals surface area contributed by atoms with E-state index in [2.05, 4.69) is 17.2 Å². The van der Waals surface area contributed by atoms with Crippen molar-refractivity contribution in [1.29, 1.82) is 0 Å². The summed E-state index contributed by atoms with van der Waals surface area (Å²) < 4.78 is 0. The Morgan fingerprint density at radius 3 is 2.84 bits per heavy atom. The number of thiophene rings is 1. The molecule has 2 rings (SSSR count). The van der Waals surface area contributed by atoms with Crippen LogP contribution in [-0.4, -0.2) is 16.1 Å². The first-order valence-electron chi connectivity index (χ1n) is 6.09. The molecule has 0 aliphatic heterocycles. The average molecular weight is 276 g/mol. The van der Waals surface area contributed by atoms with Gasteiger partial charge >= 0.3 is 5.97 Å². The molecule has 19 heavy (non-hydrogen) atoms. The summed E-state index contributed by atoms with van der Waals surface area (Å²) in [5.41, 5.74) is 1.00. The second-order valence-corrected chi connectivity index (χ2v) is 5.55. The second-order valence-electron chi connectivity index (χ2n) is 4.30. The van der Waals surface area contributed by atoms with Crippen molar-refractivity contribution in [2.45, 2.75) is 25.9 Å². The summed E-state index contributed by atoms with van der Waals surface area (Å²) in [6.07, 6.45) is 1.88. The van der Waals surface area contributed by atoms with E-state index < -0.39 is 5.97 Å². The lowest BCUT2D eigenvalue weighted by atomic mass is 10.2. The minimum absolute atomic E-state index is 0.0977. The molecule has 1 atom stereocenters. The lowest BCUT2D eigenvalue weighted by molar-refractivity contribution is -0.136. The molecule has 100 valence electrons. The Kier molecular flexibility index (Phi) is 4.65. The molecule has 0 spiro atoms. The quantitative estimate of drug-likeness (QED) is 0.851. The Hall–Kier alpha value is -1.72. The molecular weight excluding hydrogens is 260 g/mol. The predicted octanol–water partition coefficient (Wildman–Crippen LogP) is 2.62. The lowest BCUT2D eigenvalue weighted by Gasteiger charge is -2.12. The molecule has 0 saturated heterocycles. The van der Waals surface area contributed by atoms with Crippen LogP contribution in [0.3, 0.4) is 0 Å². The fraction of sp³-hybridized carbons (Fsp3) is 0.286. The second kappa shape index (κ2) is 6.45. The number of carbonyl (C=O) groups is 1. The molecule has 0 unspecified atom stereocenters. The van der Waals surface area contributed by atoms with E-state index in [1.54, 1.807) is 6.20 Å². The maximum Gasteiger partial charge on any atom is 0.308 e. The molecule has 4 nitrogen and oxygen atoms in total. The molecule has 0 saturated carbocycles. The molecule has 0 amide bonds. The van der Waals surface area contributed by atoms with E-state index >= 15 is 0 Å². The van der Waals surface area contributed by atoms with Crippen molar-refractivity contribution in [3.05, 3.63) is 52.0 Å². The highest BCUT2D eigenvalue weighted by atomic mass is 32.1. The molecule has 2 aromatic rings. The van der Waals surface area contributed by atoms with Crippen LogP contribution in [0.4, 0.5) is 0 Å². The highest BCUT2D eigenvalue weighted by Crippen LogP contribution is 2.18. The van der Waals surface area contributed by atoms with Crippen molar-refractivity contribution >= 4 is 17.3 Å². The fourth-order valence-corrected chi connectivity index (χ4v) is 2.71. The molecule has 0 radical (unpaired) electrons. The fourth-order valence-electron chi connectivity index (χ4n) is 1.75. The Balaban J connectivity index is 1.88. The first kappa shape index (κ1) is 13.7. The van der Waals surface area contributed by atoms with E-state index in [1.165, 1.54) is 11.3 Å². The summed E-state index contributed by atoms with van der Waals surface area (Å²) in [6.45, 7) is 2.79. The van der Waals surface area contributed by atoms with Crippen molar-refractivity contribution in [3.63, 3.8) is 0 Å². The molecule has 0 aromatic carbocycles. The van der Waals surface area contributed by atoms with E-state index in [4.69, 9.17) is 5.11 Å². The van der Waals surface area contributed by atoms with Crippen molar-refractivity contribution < 1.29 is 9.90 Å². The van der Waals surface area contributed by atoms with Crippen molar-refractivity contribution in [1.82, 2.24) is 10.3 Å². The Morgan fingerprint density at radius 2 is 2.16 bits per heavy atom. The van der Waals surface area contributed by atoms with Crippen LogP contribution in [0, 0.1) is 0 Å². The van der Waals surface area contributed by atoms with Gasteiger partial charge in [-0.15, -0.1) is 11.3 Å². The van der Waals surface area contributed by atoms with Crippen molar-refractivity contribution in [3.8, 4) is 0 Å². The molecule has 0 aliphatic rings. The van der Waals surface area contributed by atoms with Gasteiger partial charge in [-0.05, 0) is 31.2 Å². The van der Waals surface area contributed by atoms with Crippen LogP contribution in [0.2, 0.25) is 0 Å². The number of aliphatic carboxylic acids is 1. The van der Waals surface area contributed by atoms with Crippen LogP contribution in [0.5, 0.6) is 0 Å². The van der Waals surface area contributed by atoms with Gasteiger partial charge in [0.15, 0.2) is 0 Å². The summed E-state index contributed by atoms with van der Waals surface area (Å²) >= 11 is 1.53. The van der Waals surface area contributed by atoms with E-state index in [-0.39, 0.29) is 12.5 Å². The first-order valence-corrected chi connectivity index (χ1v) is 6.90. The van der Waals surface area contributed by atoms with Gasteiger partial charge in [-0.1, -0.05) is 6.07 Å².